The van der Waals surface area contributed by atoms with E-state index in [0.717, 1.165) is 33.5 Å². The van der Waals surface area contributed by atoms with Crippen molar-refractivity contribution in [1.82, 2.24) is 9.97 Å². The molecule has 5 heteroatoms. The summed E-state index contributed by atoms with van der Waals surface area (Å²) >= 11 is 6.55. The second-order valence-electron chi connectivity index (χ2n) is 8.67. The lowest BCUT2D eigenvalue weighted by Crippen LogP contribution is -2.13. The molecule has 0 saturated heterocycles. The zero-order valence-corrected chi connectivity index (χ0v) is 18.8. The van der Waals surface area contributed by atoms with Crippen molar-refractivity contribution in [3.05, 3.63) is 71.3 Å². The number of aromatic nitrogens is 2. The number of benzene rings is 1. The third-order valence-electron chi connectivity index (χ3n) is 4.66. The average molecular weight is 423 g/mol. The quantitative estimate of drug-likeness (QED) is 0.455. The highest BCUT2D eigenvalue weighted by Gasteiger charge is 2.16. The fraction of sp³-hybridized carbons (Fsp3) is 0.320. The predicted molar refractivity (Wildman–Crippen MR) is 122 cm³/mol. The van der Waals surface area contributed by atoms with E-state index in [2.05, 4.69) is 42.9 Å². The van der Waals surface area contributed by atoms with Crippen molar-refractivity contribution in [3.8, 4) is 22.3 Å². The summed E-state index contributed by atoms with van der Waals surface area (Å²) in [4.78, 5) is 20.8. The van der Waals surface area contributed by atoms with E-state index in [0.29, 0.717) is 5.02 Å². The van der Waals surface area contributed by atoms with Gasteiger partial charge in [0.05, 0.1) is 12.5 Å². The number of halogens is 1. The molecule has 0 atom stereocenters. The average Bonchev–Trinajstić information content (AvgIpc) is 2.67. The molecule has 156 valence electrons. The molecule has 0 saturated carbocycles. The Labute approximate surface area is 183 Å². The van der Waals surface area contributed by atoms with Gasteiger partial charge in [-0.05, 0) is 49.2 Å². The summed E-state index contributed by atoms with van der Waals surface area (Å²) in [7, 11) is 0. The zero-order chi connectivity index (χ0) is 21.9. The molecule has 0 N–H and O–H groups in total. The number of carbonyl (C=O) groups is 1. The Bertz CT molecular complexity index is 1060. The maximum atomic E-state index is 11.9. The number of rotatable bonds is 5. The fourth-order valence-corrected chi connectivity index (χ4v) is 3.45. The van der Waals surface area contributed by atoms with Crippen molar-refractivity contribution in [2.75, 3.05) is 0 Å². The number of esters is 1. The molecular formula is C25H27ClN2O2. The van der Waals surface area contributed by atoms with Crippen molar-refractivity contribution >= 4 is 17.6 Å². The first kappa shape index (κ1) is 22.0. The van der Waals surface area contributed by atoms with E-state index in [1.165, 1.54) is 0 Å². The Hall–Kier alpha value is -2.72. The van der Waals surface area contributed by atoms with E-state index in [1.54, 1.807) is 6.20 Å². The van der Waals surface area contributed by atoms with Gasteiger partial charge in [-0.25, -0.2) is 0 Å². The summed E-state index contributed by atoms with van der Waals surface area (Å²) in [6.07, 6.45) is 5.54. The van der Waals surface area contributed by atoms with Crippen molar-refractivity contribution in [2.45, 2.75) is 52.6 Å². The van der Waals surface area contributed by atoms with Crippen molar-refractivity contribution in [3.63, 3.8) is 0 Å². The lowest BCUT2D eigenvalue weighted by atomic mass is 9.90. The molecule has 0 amide bonds. The molecule has 30 heavy (non-hydrogen) atoms. The van der Waals surface area contributed by atoms with Gasteiger partial charge in [0.25, 0.3) is 0 Å². The second-order valence-corrected chi connectivity index (χ2v) is 9.08. The minimum absolute atomic E-state index is 0.0308. The highest BCUT2D eigenvalue weighted by molar-refractivity contribution is 6.33. The number of nitrogens with zero attached hydrogens (tertiary/aromatic N) is 2. The molecule has 0 aliphatic carbocycles. The number of carbonyl (C=O) groups excluding carboxylic acids is 1. The van der Waals surface area contributed by atoms with Crippen molar-refractivity contribution in [1.29, 1.82) is 0 Å². The van der Waals surface area contributed by atoms with Crippen LogP contribution in [0.4, 0.5) is 0 Å². The Morgan fingerprint density at radius 1 is 1.03 bits per heavy atom. The van der Waals surface area contributed by atoms with Gasteiger partial charge in [-0.3, -0.25) is 14.8 Å². The highest BCUT2D eigenvalue weighted by Crippen LogP contribution is 2.32. The van der Waals surface area contributed by atoms with Crippen LogP contribution in [0, 0.1) is 0 Å². The molecular weight excluding hydrogens is 396 g/mol. The molecule has 0 radical (unpaired) electrons. The predicted octanol–water partition coefficient (Wildman–Crippen LogP) is 6.26. The summed E-state index contributed by atoms with van der Waals surface area (Å²) in [5.41, 5.74) is 5.68. The topological polar surface area (TPSA) is 52.1 Å². The van der Waals surface area contributed by atoms with Gasteiger partial charge in [-0.2, -0.15) is 0 Å². The van der Waals surface area contributed by atoms with E-state index in [9.17, 15) is 4.79 Å². The highest BCUT2D eigenvalue weighted by atomic mass is 35.5. The summed E-state index contributed by atoms with van der Waals surface area (Å²) in [5.74, 6) is -0.259. The van der Waals surface area contributed by atoms with Gasteiger partial charge in [0, 0.05) is 51.4 Å². The number of pyridine rings is 2. The van der Waals surface area contributed by atoms with Crippen LogP contribution >= 0.6 is 11.6 Å². The van der Waals surface area contributed by atoms with Crippen LogP contribution in [-0.2, 0) is 21.4 Å². The Kier molecular flexibility index (Phi) is 6.57. The largest absolute Gasteiger partial charge is 0.463 e. The van der Waals surface area contributed by atoms with E-state index in [-0.39, 0.29) is 23.9 Å². The summed E-state index contributed by atoms with van der Waals surface area (Å²) < 4.78 is 5.21. The Balaban J connectivity index is 1.88. The molecule has 0 fully saturated rings. The first-order chi connectivity index (χ1) is 14.1. The molecule has 0 aliphatic heterocycles. The Morgan fingerprint density at radius 3 is 2.43 bits per heavy atom. The second kappa shape index (κ2) is 8.97. The van der Waals surface area contributed by atoms with Crippen LogP contribution in [0.15, 0.2) is 55.0 Å². The van der Waals surface area contributed by atoms with Gasteiger partial charge in [0.15, 0.2) is 0 Å². The lowest BCUT2D eigenvalue weighted by molar-refractivity contribution is -0.146. The third kappa shape index (κ3) is 5.45. The third-order valence-corrected chi connectivity index (χ3v) is 4.97. The van der Waals surface area contributed by atoms with Gasteiger partial charge in [-0.15, -0.1) is 0 Å². The van der Waals surface area contributed by atoms with Crippen LogP contribution in [0.1, 0.15) is 45.9 Å². The van der Waals surface area contributed by atoms with Crippen molar-refractivity contribution < 1.29 is 9.53 Å². The van der Waals surface area contributed by atoms with E-state index >= 15 is 0 Å². The minimum Gasteiger partial charge on any atom is -0.463 e. The number of hydrogen-bond acceptors (Lipinski definition) is 4. The molecule has 3 rings (SSSR count). The van der Waals surface area contributed by atoms with Crippen LogP contribution in [-0.4, -0.2) is 22.0 Å². The minimum atomic E-state index is -0.259. The maximum absolute atomic E-state index is 11.9. The van der Waals surface area contributed by atoms with E-state index < -0.39 is 0 Å². The monoisotopic (exact) mass is 422 g/mol. The summed E-state index contributed by atoms with van der Waals surface area (Å²) in [6, 6.07) is 11.8. The van der Waals surface area contributed by atoms with Gasteiger partial charge < -0.3 is 4.74 Å². The van der Waals surface area contributed by atoms with Gasteiger partial charge in [0.2, 0.25) is 0 Å². The first-order valence-electron chi connectivity index (χ1n) is 10.0. The molecule has 2 heterocycles. The van der Waals surface area contributed by atoms with Crippen LogP contribution in [0.3, 0.4) is 0 Å². The SMILES string of the molecule is CC(C)OC(=O)Cc1ccc(-c2cncc(-c3ccnc(C(C)(C)C)c3)c2)c(Cl)c1. The first-order valence-corrected chi connectivity index (χ1v) is 10.4. The molecule has 3 aromatic rings. The van der Waals surface area contributed by atoms with Crippen molar-refractivity contribution in [2.24, 2.45) is 0 Å². The summed E-state index contributed by atoms with van der Waals surface area (Å²) in [6.45, 7) is 10.1. The molecule has 2 aromatic heterocycles. The summed E-state index contributed by atoms with van der Waals surface area (Å²) in [5, 5.41) is 0.578. The molecule has 0 bridgehead atoms. The zero-order valence-electron chi connectivity index (χ0n) is 18.1. The van der Waals surface area contributed by atoms with Crippen LogP contribution < -0.4 is 0 Å². The van der Waals surface area contributed by atoms with E-state index in [4.69, 9.17) is 16.3 Å². The Morgan fingerprint density at radius 2 is 1.77 bits per heavy atom. The molecule has 0 spiro atoms. The maximum Gasteiger partial charge on any atom is 0.310 e. The van der Waals surface area contributed by atoms with Crippen LogP contribution in [0.2, 0.25) is 5.02 Å². The molecule has 0 unspecified atom stereocenters. The smallest absolute Gasteiger partial charge is 0.310 e. The molecule has 1 aromatic carbocycles. The van der Waals surface area contributed by atoms with Gasteiger partial charge in [0.1, 0.15) is 0 Å². The van der Waals surface area contributed by atoms with Gasteiger partial charge in [-0.1, -0.05) is 44.5 Å². The number of hydrogen-bond donors (Lipinski definition) is 0. The fourth-order valence-electron chi connectivity index (χ4n) is 3.14. The van der Waals surface area contributed by atoms with Gasteiger partial charge >= 0.3 is 5.97 Å². The van der Waals surface area contributed by atoms with E-state index in [1.807, 2.05) is 50.5 Å². The number of ether oxygens (including phenoxy) is 1. The molecule has 0 aliphatic rings. The van der Waals surface area contributed by atoms with Crippen LogP contribution in [0.25, 0.3) is 22.3 Å². The van der Waals surface area contributed by atoms with Crippen LogP contribution in [0.5, 0.6) is 0 Å². The standard InChI is InChI=1S/C25H27ClN2O2/c1-16(2)30-24(29)11-17-6-7-21(22(26)10-17)20-12-19(14-27-15-20)18-8-9-28-23(13-18)25(3,4)5/h6-10,12-16H,11H2,1-5H3. The lowest BCUT2D eigenvalue weighted by Gasteiger charge is -2.18. The molecule has 4 nitrogen and oxygen atoms in total. The normalized spacial score (nSPS) is 11.6.